The number of aliphatic hydroxyl groups is 1. The number of aliphatic hydroxyl groups excluding tert-OH is 1. The van der Waals surface area contributed by atoms with E-state index >= 15 is 0 Å². The smallest absolute Gasteiger partial charge is 0.254 e. The Kier molecular flexibility index (Phi) is 4.21. The van der Waals surface area contributed by atoms with Crippen molar-refractivity contribution in [2.45, 2.75) is 19.4 Å². The Morgan fingerprint density at radius 1 is 1.31 bits per heavy atom. The molecule has 3 aromatic rings. The van der Waals surface area contributed by atoms with Crippen molar-refractivity contribution < 1.29 is 9.90 Å². The first-order valence-corrected chi connectivity index (χ1v) is 8.43. The number of hydrogen-bond acceptors (Lipinski definition) is 6. The van der Waals surface area contributed by atoms with Crippen LogP contribution >= 0.6 is 0 Å². The summed E-state index contributed by atoms with van der Waals surface area (Å²) in [5.74, 6) is 0.182. The van der Waals surface area contributed by atoms with Crippen molar-refractivity contribution in [1.82, 2.24) is 35.7 Å². The van der Waals surface area contributed by atoms with E-state index in [9.17, 15) is 9.90 Å². The van der Waals surface area contributed by atoms with Gasteiger partial charge in [0.15, 0.2) is 0 Å². The molecule has 0 bridgehead atoms. The molecule has 0 unspecified atom stereocenters. The van der Waals surface area contributed by atoms with Gasteiger partial charge in [-0.25, -0.2) is 0 Å². The second-order valence-corrected chi connectivity index (χ2v) is 6.56. The third-order valence-corrected chi connectivity index (χ3v) is 4.67. The standard InChI is InChI=1S/C17H19N7O2/c1-10-6-12(19-18-10)7-11-8-24(9-15(11)25)17(26)14-5-3-2-4-13(14)16-20-22-23-21-16/h2-6,11,15,25H,7-9H2,1H3,(H,18,19)(H,20,21,22,23)/t11-,15-/m1/s1. The number of aromatic amines is 2. The van der Waals surface area contributed by atoms with Crippen LogP contribution < -0.4 is 0 Å². The molecule has 2 aromatic heterocycles. The number of aryl methyl sites for hydroxylation is 1. The van der Waals surface area contributed by atoms with E-state index in [1.165, 1.54) is 0 Å². The van der Waals surface area contributed by atoms with E-state index in [0.717, 1.165) is 11.4 Å². The monoisotopic (exact) mass is 353 g/mol. The second kappa shape index (κ2) is 6.68. The van der Waals surface area contributed by atoms with Gasteiger partial charge in [0.1, 0.15) is 0 Å². The molecule has 9 nitrogen and oxygen atoms in total. The summed E-state index contributed by atoms with van der Waals surface area (Å²) in [5.41, 5.74) is 2.99. The van der Waals surface area contributed by atoms with E-state index < -0.39 is 6.10 Å². The Bertz CT molecular complexity index is 905. The number of hydrogen-bond donors (Lipinski definition) is 3. The van der Waals surface area contributed by atoms with Crippen LogP contribution in [-0.4, -0.2) is 65.9 Å². The van der Waals surface area contributed by atoms with Crippen LogP contribution in [0, 0.1) is 12.8 Å². The maximum Gasteiger partial charge on any atom is 0.254 e. The molecule has 1 aliphatic rings. The normalized spacial score (nSPS) is 19.8. The summed E-state index contributed by atoms with van der Waals surface area (Å²) >= 11 is 0. The van der Waals surface area contributed by atoms with Gasteiger partial charge in [0.2, 0.25) is 5.82 Å². The summed E-state index contributed by atoms with van der Waals surface area (Å²) < 4.78 is 0. The molecule has 0 saturated carbocycles. The number of aromatic nitrogens is 6. The average Bonchev–Trinajstić information content (AvgIpc) is 3.37. The number of nitrogens with one attached hydrogen (secondary N) is 2. The molecule has 2 atom stereocenters. The molecule has 9 heteroatoms. The quantitative estimate of drug-likeness (QED) is 0.630. The molecular formula is C17H19N7O2. The van der Waals surface area contributed by atoms with E-state index in [-0.39, 0.29) is 11.8 Å². The minimum Gasteiger partial charge on any atom is -0.391 e. The lowest BCUT2D eigenvalue weighted by Gasteiger charge is -2.17. The highest BCUT2D eigenvalue weighted by Gasteiger charge is 2.35. The lowest BCUT2D eigenvalue weighted by Crippen LogP contribution is -2.30. The Labute approximate surface area is 149 Å². The molecular weight excluding hydrogens is 334 g/mol. The summed E-state index contributed by atoms with van der Waals surface area (Å²) in [7, 11) is 0. The molecule has 3 heterocycles. The van der Waals surface area contributed by atoms with Crippen LogP contribution in [0.5, 0.6) is 0 Å². The van der Waals surface area contributed by atoms with Crippen molar-refractivity contribution in [3.05, 3.63) is 47.3 Å². The Hall–Kier alpha value is -3.07. The fraction of sp³-hybridized carbons (Fsp3) is 0.353. The predicted octanol–water partition coefficient (Wildman–Crippen LogP) is 0.574. The first-order valence-electron chi connectivity index (χ1n) is 8.43. The van der Waals surface area contributed by atoms with Crippen LogP contribution in [0.2, 0.25) is 0 Å². The van der Waals surface area contributed by atoms with Gasteiger partial charge in [0.25, 0.3) is 5.91 Å². The number of amides is 1. The Balaban J connectivity index is 1.53. The summed E-state index contributed by atoms with van der Waals surface area (Å²) in [6.07, 6.45) is 0.0511. The highest BCUT2D eigenvalue weighted by molar-refractivity contribution is 6.00. The number of likely N-dealkylation sites (tertiary alicyclic amines) is 1. The van der Waals surface area contributed by atoms with Gasteiger partial charge in [-0.15, -0.1) is 10.2 Å². The lowest BCUT2D eigenvalue weighted by molar-refractivity contribution is 0.0765. The number of carbonyl (C=O) groups is 1. The Morgan fingerprint density at radius 3 is 2.88 bits per heavy atom. The van der Waals surface area contributed by atoms with Crippen LogP contribution in [0.1, 0.15) is 21.7 Å². The van der Waals surface area contributed by atoms with Crippen LogP contribution in [0.3, 0.4) is 0 Å². The van der Waals surface area contributed by atoms with E-state index in [4.69, 9.17) is 0 Å². The Morgan fingerprint density at radius 2 is 2.15 bits per heavy atom. The topological polar surface area (TPSA) is 124 Å². The minimum atomic E-state index is -0.576. The van der Waals surface area contributed by atoms with Gasteiger partial charge in [0, 0.05) is 30.3 Å². The summed E-state index contributed by atoms with van der Waals surface area (Å²) in [6, 6.07) is 9.11. The maximum atomic E-state index is 13.0. The largest absolute Gasteiger partial charge is 0.391 e. The van der Waals surface area contributed by atoms with Crippen molar-refractivity contribution >= 4 is 5.91 Å². The number of H-pyrrole nitrogens is 2. The van der Waals surface area contributed by atoms with E-state index in [2.05, 4.69) is 30.8 Å². The van der Waals surface area contributed by atoms with Crippen molar-refractivity contribution in [2.24, 2.45) is 5.92 Å². The molecule has 0 spiro atoms. The number of β-amino-alcohol motifs (C(OH)–C–C–N with tert-alkyl or cyclic N) is 1. The fourth-order valence-electron chi connectivity index (χ4n) is 3.38. The van der Waals surface area contributed by atoms with Crippen molar-refractivity contribution in [3.63, 3.8) is 0 Å². The van der Waals surface area contributed by atoms with Crippen molar-refractivity contribution in [2.75, 3.05) is 13.1 Å². The number of benzene rings is 1. The van der Waals surface area contributed by atoms with Crippen LogP contribution in [0.25, 0.3) is 11.4 Å². The lowest BCUT2D eigenvalue weighted by atomic mass is 10.00. The molecule has 1 saturated heterocycles. The number of nitrogens with zero attached hydrogens (tertiary/aromatic N) is 5. The molecule has 1 amide bonds. The van der Waals surface area contributed by atoms with Crippen LogP contribution in [-0.2, 0) is 6.42 Å². The summed E-state index contributed by atoms with van der Waals surface area (Å²) in [6.45, 7) is 2.71. The molecule has 134 valence electrons. The van der Waals surface area contributed by atoms with Gasteiger partial charge in [-0.3, -0.25) is 9.89 Å². The van der Waals surface area contributed by atoms with Gasteiger partial charge in [0.05, 0.1) is 17.4 Å². The molecule has 3 N–H and O–H groups in total. The molecule has 1 fully saturated rings. The van der Waals surface area contributed by atoms with Gasteiger partial charge in [-0.05, 0) is 30.7 Å². The van der Waals surface area contributed by atoms with Crippen molar-refractivity contribution in [3.8, 4) is 11.4 Å². The first-order chi connectivity index (χ1) is 12.6. The van der Waals surface area contributed by atoms with Crippen LogP contribution in [0.15, 0.2) is 30.3 Å². The number of carbonyl (C=O) groups excluding carboxylic acids is 1. The van der Waals surface area contributed by atoms with Crippen LogP contribution in [0.4, 0.5) is 0 Å². The minimum absolute atomic E-state index is 0.0426. The number of tetrazole rings is 1. The zero-order chi connectivity index (χ0) is 18.1. The first kappa shape index (κ1) is 16.4. The van der Waals surface area contributed by atoms with E-state index in [1.54, 1.807) is 23.1 Å². The highest BCUT2D eigenvalue weighted by Crippen LogP contribution is 2.26. The van der Waals surface area contributed by atoms with Crippen molar-refractivity contribution in [1.29, 1.82) is 0 Å². The number of rotatable bonds is 4. The summed E-state index contributed by atoms with van der Waals surface area (Å²) in [5, 5.41) is 31.4. The van der Waals surface area contributed by atoms with Gasteiger partial charge >= 0.3 is 0 Å². The molecule has 0 aliphatic carbocycles. The molecule has 0 radical (unpaired) electrons. The van der Waals surface area contributed by atoms with Gasteiger partial charge in [-0.2, -0.15) is 10.3 Å². The highest BCUT2D eigenvalue weighted by atomic mass is 16.3. The second-order valence-electron chi connectivity index (χ2n) is 6.56. The fourth-order valence-corrected chi connectivity index (χ4v) is 3.38. The van der Waals surface area contributed by atoms with Gasteiger partial charge < -0.3 is 10.0 Å². The van der Waals surface area contributed by atoms with Gasteiger partial charge in [-0.1, -0.05) is 18.2 Å². The molecule has 4 rings (SSSR count). The third kappa shape index (κ3) is 3.08. The van der Waals surface area contributed by atoms with E-state index in [1.807, 2.05) is 19.1 Å². The molecule has 1 aromatic carbocycles. The molecule has 1 aliphatic heterocycles. The average molecular weight is 353 g/mol. The SMILES string of the molecule is Cc1cc(C[C@@H]2CN(C(=O)c3ccccc3-c3nn[nH]n3)C[C@H]2O)n[nH]1. The van der Waals surface area contributed by atoms with E-state index in [0.29, 0.717) is 36.5 Å². The maximum absolute atomic E-state index is 13.0. The third-order valence-electron chi connectivity index (χ3n) is 4.67. The zero-order valence-electron chi connectivity index (χ0n) is 14.3. The molecule has 26 heavy (non-hydrogen) atoms. The zero-order valence-corrected chi connectivity index (χ0v) is 14.3. The summed E-state index contributed by atoms with van der Waals surface area (Å²) in [4.78, 5) is 14.7. The predicted molar refractivity (Wildman–Crippen MR) is 92.0 cm³/mol.